The zero-order chi connectivity index (χ0) is 31.2. The molecule has 0 aliphatic heterocycles. The van der Waals surface area contributed by atoms with Gasteiger partial charge in [-0.1, -0.05) is 42.1 Å². The van der Waals surface area contributed by atoms with Gasteiger partial charge in [0.25, 0.3) is 0 Å². The number of nitrogens with two attached hydrogens (primary N) is 2. The van der Waals surface area contributed by atoms with Crippen LogP contribution in [0, 0.1) is 0 Å². The Kier molecular flexibility index (Phi) is 9.50. The Hall–Kier alpha value is -4.83. The number of aromatic nitrogens is 8. The minimum absolute atomic E-state index is 0.232. The van der Waals surface area contributed by atoms with E-state index in [0.29, 0.717) is 51.8 Å². The molecule has 0 aliphatic rings. The predicted octanol–water partition coefficient (Wildman–Crippen LogP) is 4.01. The van der Waals surface area contributed by atoms with Gasteiger partial charge in [0.15, 0.2) is 43.9 Å². The minimum Gasteiger partial charge on any atom is -0.464 e. The molecule has 0 radical (unpaired) electrons. The molecular formula is C28H27BrN10O4S. The molecule has 226 valence electrons. The number of nitrogen functional groups attached to an aromatic ring is 2. The van der Waals surface area contributed by atoms with Gasteiger partial charge < -0.3 is 20.9 Å². The second-order valence-corrected chi connectivity index (χ2v) is 11.0. The van der Waals surface area contributed by atoms with Crippen molar-refractivity contribution in [2.45, 2.75) is 37.0 Å². The van der Waals surface area contributed by atoms with Crippen molar-refractivity contribution in [2.24, 2.45) is 0 Å². The number of rotatable bonds is 8. The van der Waals surface area contributed by atoms with Crippen LogP contribution in [0.15, 0.2) is 69.9 Å². The minimum atomic E-state index is -0.322. The van der Waals surface area contributed by atoms with Crippen LogP contribution in [-0.4, -0.2) is 64.2 Å². The first-order chi connectivity index (χ1) is 21.2. The van der Waals surface area contributed by atoms with E-state index in [0.717, 1.165) is 15.4 Å². The standard InChI is InChI=1S/C19H17N5O2S.C9H10BrN5O2/c1-12(25)26-9-8-24-18-16(17(20)21-11-22-18)23-19(24)27-15-7-6-13-4-2-3-5-14(13)10-15;1-5(16)17-3-2-15-8-6(14-9(15)10)7(11)12-4-13-8/h2-7,10-11H,8-9H2,1H3,(H2,20,21,22);4H,2-3H2,1H3,(H2,11,12,13). The van der Waals surface area contributed by atoms with E-state index >= 15 is 0 Å². The molecule has 2 aromatic carbocycles. The Balaban J connectivity index is 0.000000195. The van der Waals surface area contributed by atoms with Crippen LogP contribution in [0.25, 0.3) is 33.1 Å². The van der Waals surface area contributed by atoms with Gasteiger partial charge in [0.2, 0.25) is 0 Å². The van der Waals surface area contributed by atoms with Crippen molar-refractivity contribution in [1.29, 1.82) is 0 Å². The van der Waals surface area contributed by atoms with Gasteiger partial charge >= 0.3 is 11.9 Å². The van der Waals surface area contributed by atoms with Crippen LogP contribution in [0.1, 0.15) is 13.8 Å². The van der Waals surface area contributed by atoms with Crippen molar-refractivity contribution >= 4 is 84.4 Å². The summed E-state index contributed by atoms with van der Waals surface area (Å²) < 4.78 is 14.2. The van der Waals surface area contributed by atoms with E-state index in [-0.39, 0.29) is 25.2 Å². The fraction of sp³-hybridized carbons (Fsp3) is 0.214. The summed E-state index contributed by atoms with van der Waals surface area (Å²) in [5, 5.41) is 3.06. The van der Waals surface area contributed by atoms with E-state index in [1.807, 2.05) is 16.7 Å². The van der Waals surface area contributed by atoms with E-state index in [4.69, 9.17) is 20.9 Å². The lowest BCUT2D eigenvalue weighted by Gasteiger charge is -2.09. The van der Waals surface area contributed by atoms with Crippen LogP contribution in [0.2, 0.25) is 0 Å². The maximum absolute atomic E-state index is 11.1. The molecule has 0 aliphatic carbocycles. The van der Waals surface area contributed by atoms with Crippen LogP contribution < -0.4 is 11.5 Å². The first kappa shape index (κ1) is 30.6. The number of halogens is 1. The molecule has 4 aromatic heterocycles. The quantitative estimate of drug-likeness (QED) is 0.173. The van der Waals surface area contributed by atoms with Gasteiger partial charge in [-0.15, -0.1) is 0 Å². The topological polar surface area (TPSA) is 192 Å². The molecule has 4 N–H and O–H groups in total. The number of hydrogen-bond acceptors (Lipinski definition) is 13. The molecule has 0 spiro atoms. The SMILES string of the molecule is CC(=O)OCCn1c(Br)nc2c(N)ncnc21.CC(=O)OCCn1c(Sc2ccc3ccccc3c2)nc2c(N)ncnc21. The Morgan fingerprint density at radius 3 is 2.00 bits per heavy atom. The number of ether oxygens (including phenoxy) is 2. The second-order valence-electron chi connectivity index (χ2n) is 9.23. The van der Waals surface area contributed by atoms with Gasteiger partial charge in [-0.2, -0.15) is 0 Å². The van der Waals surface area contributed by atoms with E-state index in [9.17, 15) is 9.59 Å². The Morgan fingerprint density at radius 2 is 1.36 bits per heavy atom. The molecule has 14 nitrogen and oxygen atoms in total. The van der Waals surface area contributed by atoms with Crippen molar-refractivity contribution < 1.29 is 19.1 Å². The molecule has 0 fully saturated rings. The predicted molar refractivity (Wildman–Crippen MR) is 169 cm³/mol. The maximum atomic E-state index is 11.1. The summed E-state index contributed by atoms with van der Waals surface area (Å²) in [5.74, 6) is 0.00510. The summed E-state index contributed by atoms with van der Waals surface area (Å²) >= 11 is 4.81. The third kappa shape index (κ3) is 7.03. The summed E-state index contributed by atoms with van der Waals surface area (Å²) in [5.41, 5.74) is 13.9. The monoisotopic (exact) mass is 678 g/mol. The summed E-state index contributed by atoms with van der Waals surface area (Å²) in [6.07, 6.45) is 2.78. The largest absolute Gasteiger partial charge is 0.464 e. The van der Waals surface area contributed by atoms with Crippen LogP contribution in [0.3, 0.4) is 0 Å². The second kappa shape index (κ2) is 13.6. The molecule has 0 bridgehead atoms. The number of benzene rings is 2. The molecule has 0 amide bonds. The highest BCUT2D eigenvalue weighted by Crippen LogP contribution is 2.32. The smallest absolute Gasteiger partial charge is 0.302 e. The molecule has 6 rings (SSSR count). The highest BCUT2D eigenvalue weighted by atomic mass is 79.9. The van der Waals surface area contributed by atoms with Gasteiger partial charge in [-0.25, -0.2) is 29.9 Å². The average molecular weight is 680 g/mol. The number of imidazole rings is 2. The fourth-order valence-corrected chi connectivity index (χ4v) is 5.72. The number of carbonyl (C=O) groups is 2. The van der Waals surface area contributed by atoms with E-state index in [1.54, 1.807) is 4.57 Å². The summed E-state index contributed by atoms with van der Waals surface area (Å²) in [6.45, 7) is 4.12. The highest BCUT2D eigenvalue weighted by molar-refractivity contribution is 9.10. The third-order valence-corrected chi connectivity index (χ3v) is 7.80. The zero-order valence-corrected chi connectivity index (χ0v) is 26.1. The van der Waals surface area contributed by atoms with Gasteiger partial charge in [-0.3, -0.25) is 18.7 Å². The highest BCUT2D eigenvalue weighted by Gasteiger charge is 2.17. The van der Waals surface area contributed by atoms with E-state index in [1.165, 1.54) is 43.7 Å². The van der Waals surface area contributed by atoms with E-state index in [2.05, 4.69) is 76.2 Å². The van der Waals surface area contributed by atoms with Gasteiger partial charge in [0, 0.05) is 18.7 Å². The van der Waals surface area contributed by atoms with Crippen LogP contribution in [0.5, 0.6) is 0 Å². The molecule has 16 heteroatoms. The van der Waals surface area contributed by atoms with Crippen LogP contribution in [0.4, 0.5) is 11.6 Å². The summed E-state index contributed by atoms with van der Waals surface area (Å²) in [4.78, 5) is 47.9. The molecule has 4 heterocycles. The molecule has 6 aromatic rings. The molecule has 0 unspecified atom stereocenters. The van der Waals surface area contributed by atoms with Crippen molar-refractivity contribution in [2.75, 3.05) is 24.7 Å². The molecule has 0 atom stereocenters. The number of carbonyl (C=O) groups excluding carboxylic acids is 2. The van der Waals surface area contributed by atoms with E-state index < -0.39 is 0 Å². The molecular weight excluding hydrogens is 652 g/mol. The van der Waals surface area contributed by atoms with Gasteiger partial charge in [-0.05, 0) is 38.8 Å². The normalized spacial score (nSPS) is 11.0. The fourth-order valence-electron chi connectivity index (χ4n) is 4.24. The van der Waals surface area contributed by atoms with Crippen LogP contribution in [-0.2, 0) is 32.2 Å². The lowest BCUT2D eigenvalue weighted by Crippen LogP contribution is -2.10. The third-order valence-electron chi connectivity index (χ3n) is 6.21. The molecule has 0 saturated heterocycles. The zero-order valence-electron chi connectivity index (χ0n) is 23.7. The van der Waals surface area contributed by atoms with Crippen molar-refractivity contribution in [3.05, 3.63) is 59.9 Å². The number of nitrogens with zero attached hydrogens (tertiary/aromatic N) is 8. The van der Waals surface area contributed by atoms with Gasteiger partial charge in [0.1, 0.15) is 25.9 Å². The first-order valence-electron chi connectivity index (χ1n) is 13.2. The maximum Gasteiger partial charge on any atom is 0.302 e. The average Bonchev–Trinajstić information content (AvgIpc) is 3.51. The van der Waals surface area contributed by atoms with Crippen molar-refractivity contribution in [1.82, 2.24) is 39.0 Å². The van der Waals surface area contributed by atoms with Crippen LogP contribution >= 0.6 is 27.7 Å². The number of anilines is 2. The molecule has 44 heavy (non-hydrogen) atoms. The Labute approximate surface area is 263 Å². The number of esters is 2. The summed E-state index contributed by atoms with van der Waals surface area (Å²) in [6, 6.07) is 14.4. The Morgan fingerprint density at radius 1 is 0.795 bits per heavy atom. The summed E-state index contributed by atoms with van der Waals surface area (Å²) in [7, 11) is 0. The number of fused-ring (bicyclic) bond motifs is 3. The van der Waals surface area contributed by atoms with Crippen molar-refractivity contribution in [3.63, 3.8) is 0 Å². The molecule has 0 saturated carbocycles. The number of hydrogen-bond donors (Lipinski definition) is 2. The van der Waals surface area contributed by atoms with Crippen molar-refractivity contribution in [3.8, 4) is 0 Å². The Bertz CT molecular complexity index is 1980. The lowest BCUT2D eigenvalue weighted by molar-refractivity contribution is -0.142. The lowest BCUT2D eigenvalue weighted by atomic mass is 10.1. The van der Waals surface area contributed by atoms with Gasteiger partial charge in [0.05, 0.1) is 13.1 Å². The first-order valence-corrected chi connectivity index (χ1v) is 14.8.